The maximum atomic E-state index is 4.45. The van der Waals surface area contributed by atoms with Crippen LogP contribution >= 0.6 is 0 Å². The molecule has 0 bridgehead atoms. The first-order valence-corrected chi connectivity index (χ1v) is 6.48. The third kappa shape index (κ3) is 2.79. The van der Waals surface area contributed by atoms with E-state index in [-0.39, 0.29) is 0 Å². The Morgan fingerprint density at radius 2 is 1.83 bits per heavy atom. The van der Waals surface area contributed by atoms with Crippen LogP contribution in [0.25, 0.3) is 0 Å². The zero-order valence-electron chi connectivity index (χ0n) is 11.4. The van der Waals surface area contributed by atoms with E-state index in [0.29, 0.717) is 0 Å². The van der Waals surface area contributed by atoms with E-state index in [9.17, 15) is 0 Å². The normalized spacial score (nSPS) is 10.8. The van der Waals surface area contributed by atoms with Crippen LogP contribution in [0.2, 0.25) is 0 Å². The van der Waals surface area contributed by atoms with E-state index in [2.05, 4.69) is 53.2 Å². The zero-order valence-corrected chi connectivity index (χ0v) is 11.4. The van der Waals surface area contributed by atoms with Crippen LogP contribution in [0.4, 0.5) is 0 Å². The Hall–Kier alpha value is -1.61. The second-order valence-electron chi connectivity index (χ2n) is 4.61. The fourth-order valence-corrected chi connectivity index (χ4v) is 2.06. The van der Waals surface area contributed by atoms with Gasteiger partial charge in [0, 0.05) is 17.8 Å². The Morgan fingerprint density at radius 3 is 2.44 bits per heavy atom. The van der Waals surface area contributed by atoms with Crippen molar-refractivity contribution in [2.24, 2.45) is 0 Å². The molecule has 18 heavy (non-hydrogen) atoms. The summed E-state index contributed by atoms with van der Waals surface area (Å²) < 4.78 is 2.06. The third-order valence-corrected chi connectivity index (χ3v) is 3.34. The van der Waals surface area contributed by atoms with Gasteiger partial charge in [-0.2, -0.15) is 5.10 Å². The molecule has 3 heteroatoms. The molecule has 2 aromatic rings. The highest BCUT2D eigenvalue weighted by Gasteiger charge is 2.05. The van der Waals surface area contributed by atoms with Crippen molar-refractivity contribution < 1.29 is 0 Å². The van der Waals surface area contributed by atoms with Gasteiger partial charge >= 0.3 is 0 Å². The largest absolute Gasteiger partial charge is 0.316 e. The summed E-state index contributed by atoms with van der Waals surface area (Å²) in [5.74, 6) is 0. The quantitative estimate of drug-likeness (QED) is 0.874. The van der Waals surface area contributed by atoms with Crippen LogP contribution in [-0.2, 0) is 19.5 Å². The lowest BCUT2D eigenvalue weighted by atomic mass is 10.1. The van der Waals surface area contributed by atoms with Crippen LogP contribution in [-0.4, -0.2) is 16.8 Å². The van der Waals surface area contributed by atoms with Crippen molar-refractivity contribution in [2.75, 3.05) is 7.05 Å². The van der Waals surface area contributed by atoms with Crippen LogP contribution in [0, 0.1) is 6.92 Å². The predicted molar refractivity (Wildman–Crippen MR) is 74.6 cm³/mol. The van der Waals surface area contributed by atoms with Gasteiger partial charge in [0.05, 0.1) is 12.7 Å². The topological polar surface area (TPSA) is 29.9 Å². The van der Waals surface area contributed by atoms with E-state index in [1.165, 1.54) is 22.4 Å². The van der Waals surface area contributed by atoms with Gasteiger partial charge in [-0.15, -0.1) is 0 Å². The molecular formula is C15H21N3. The molecule has 1 N–H and O–H groups in total. The number of aromatic nitrogens is 2. The van der Waals surface area contributed by atoms with E-state index in [0.717, 1.165) is 19.5 Å². The number of hydrogen-bond acceptors (Lipinski definition) is 2. The molecule has 0 atom stereocenters. The summed E-state index contributed by atoms with van der Waals surface area (Å²) in [6.07, 6.45) is 3.04. The van der Waals surface area contributed by atoms with Crippen molar-refractivity contribution in [1.29, 1.82) is 0 Å². The van der Waals surface area contributed by atoms with E-state index < -0.39 is 0 Å². The summed E-state index contributed by atoms with van der Waals surface area (Å²) in [4.78, 5) is 0. The summed E-state index contributed by atoms with van der Waals surface area (Å²) in [5.41, 5.74) is 5.19. The third-order valence-electron chi connectivity index (χ3n) is 3.34. The highest BCUT2D eigenvalue weighted by molar-refractivity contribution is 5.24. The standard InChI is InChI=1S/C15H21N3/c1-4-13-5-7-14(8-6-13)11-18-12(2)15(9-16-3)10-17-18/h5-8,10,16H,4,9,11H2,1-3H3. The maximum Gasteiger partial charge on any atom is 0.0662 e. The molecule has 0 unspecified atom stereocenters. The van der Waals surface area contributed by atoms with Crippen LogP contribution < -0.4 is 5.32 Å². The van der Waals surface area contributed by atoms with Gasteiger partial charge in [-0.1, -0.05) is 31.2 Å². The smallest absolute Gasteiger partial charge is 0.0662 e. The lowest BCUT2D eigenvalue weighted by Gasteiger charge is -2.06. The van der Waals surface area contributed by atoms with Crippen molar-refractivity contribution in [3.05, 3.63) is 52.8 Å². The minimum Gasteiger partial charge on any atom is -0.316 e. The highest BCUT2D eigenvalue weighted by atomic mass is 15.3. The Morgan fingerprint density at radius 1 is 1.17 bits per heavy atom. The summed E-state index contributed by atoms with van der Waals surface area (Å²) in [7, 11) is 1.96. The van der Waals surface area contributed by atoms with Crippen molar-refractivity contribution in [1.82, 2.24) is 15.1 Å². The first-order valence-electron chi connectivity index (χ1n) is 6.48. The molecule has 0 amide bonds. The second kappa shape index (κ2) is 5.83. The van der Waals surface area contributed by atoms with E-state index in [1.54, 1.807) is 0 Å². The first-order chi connectivity index (χ1) is 8.74. The fraction of sp³-hybridized carbons (Fsp3) is 0.400. The lowest BCUT2D eigenvalue weighted by molar-refractivity contribution is 0.661. The summed E-state index contributed by atoms with van der Waals surface area (Å²) in [5, 5.41) is 7.61. The predicted octanol–water partition coefficient (Wildman–Crippen LogP) is 2.52. The number of nitrogens with zero attached hydrogens (tertiary/aromatic N) is 2. The van der Waals surface area contributed by atoms with Gasteiger partial charge in [-0.25, -0.2) is 0 Å². The molecule has 0 aliphatic carbocycles. The minimum atomic E-state index is 0.847. The number of benzene rings is 1. The molecular weight excluding hydrogens is 222 g/mol. The van der Waals surface area contributed by atoms with Crippen molar-refractivity contribution in [2.45, 2.75) is 33.4 Å². The number of nitrogens with one attached hydrogen (secondary N) is 1. The van der Waals surface area contributed by atoms with Crippen LogP contribution in [0.15, 0.2) is 30.5 Å². The van der Waals surface area contributed by atoms with Gasteiger partial charge in [0.25, 0.3) is 0 Å². The number of hydrogen-bond donors (Lipinski definition) is 1. The number of aryl methyl sites for hydroxylation is 1. The molecule has 0 aliphatic rings. The average molecular weight is 243 g/mol. The van der Waals surface area contributed by atoms with Crippen molar-refractivity contribution >= 4 is 0 Å². The van der Waals surface area contributed by atoms with E-state index >= 15 is 0 Å². The van der Waals surface area contributed by atoms with Gasteiger partial charge in [-0.05, 0) is 31.5 Å². The molecule has 0 radical (unpaired) electrons. The SMILES string of the molecule is CCc1ccc(Cn2ncc(CNC)c2C)cc1. The summed E-state index contributed by atoms with van der Waals surface area (Å²) in [6, 6.07) is 8.78. The number of rotatable bonds is 5. The van der Waals surface area contributed by atoms with Crippen LogP contribution in [0.5, 0.6) is 0 Å². The Kier molecular flexibility index (Phi) is 4.15. The fourth-order valence-electron chi connectivity index (χ4n) is 2.06. The summed E-state index contributed by atoms with van der Waals surface area (Å²) in [6.45, 7) is 6.02. The molecule has 0 fully saturated rings. The Balaban J connectivity index is 2.12. The molecule has 3 nitrogen and oxygen atoms in total. The molecule has 0 saturated carbocycles. The monoisotopic (exact) mass is 243 g/mol. The molecule has 0 saturated heterocycles. The Bertz CT molecular complexity index is 497. The minimum absolute atomic E-state index is 0.847. The maximum absolute atomic E-state index is 4.45. The molecule has 1 heterocycles. The van der Waals surface area contributed by atoms with E-state index in [1.807, 2.05) is 13.2 Å². The summed E-state index contributed by atoms with van der Waals surface area (Å²) >= 11 is 0. The molecule has 1 aromatic carbocycles. The lowest BCUT2D eigenvalue weighted by Crippen LogP contribution is -2.08. The molecule has 2 rings (SSSR count). The molecule has 0 spiro atoms. The average Bonchev–Trinajstić information content (AvgIpc) is 2.73. The van der Waals surface area contributed by atoms with E-state index in [4.69, 9.17) is 0 Å². The van der Waals surface area contributed by atoms with Crippen molar-refractivity contribution in [3.8, 4) is 0 Å². The second-order valence-corrected chi connectivity index (χ2v) is 4.61. The van der Waals surface area contributed by atoms with Gasteiger partial charge in [0.2, 0.25) is 0 Å². The van der Waals surface area contributed by atoms with Crippen molar-refractivity contribution in [3.63, 3.8) is 0 Å². The van der Waals surface area contributed by atoms with Gasteiger partial charge in [-0.3, -0.25) is 4.68 Å². The zero-order chi connectivity index (χ0) is 13.0. The molecule has 96 valence electrons. The van der Waals surface area contributed by atoms with Crippen LogP contribution in [0.1, 0.15) is 29.3 Å². The first kappa shape index (κ1) is 12.8. The highest BCUT2D eigenvalue weighted by Crippen LogP contribution is 2.11. The molecule has 0 aliphatic heterocycles. The van der Waals surface area contributed by atoms with Gasteiger partial charge < -0.3 is 5.32 Å². The van der Waals surface area contributed by atoms with Crippen LogP contribution in [0.3, 0.4) is 0 Å². The Labute approximate surface area is 109 Å². The van der Waals surface area contributed by atoms with Gasteiger partial charge in [0.15, 0.2) is 0 Å². The van der Waals surface area contributed by atoms with Gasteiger partial charge in [0.1, 0.15) is 0 Å². The molecule has 1 aromatic heterocycles.